The van der Waals surface area contributed by atoms with E-state index in [1.165, 1.54) is 18.3 Å². The smallest absolute Gasteiger partial charge is 0.349 e. The third-order valence-electron chi connectivity index (χ3n) is 2.95. The van der Waals surface area contributed by atoms with Gasteiger partial charge >= 0.3 is 6.18 Å². The van der Waals surface area contributed by atoms with Gasteiger partial charge in [0.2, 0.25) is 0 Å². The molecule has 0 saturated carbocycles. The van der Waals surface area contributed by atoms with Crippen molar-refractivity contribution in [1.82, 2.24) is 4.98 Å². The van der Waals surface area contributed by atoms with Crippen LogP contribution >= 0.6 is 11.6 Å². The minimum absolute atomic E-state index is 0.0898. The first-order valence-electron chi connectivity index (χ1n) is 6.36. The first-order valence-corrected chi connectivity index (χ1v) is 6.74. The lowest BCUT2D eigenvalue weighted by molar-refractivity contribution is -0.384. The number of hydrogen-bond acceptors (Lipinski definition) is 5. The SMILES string of the molecule is N#CCc1ccc(Nc2cc(Cl)c(C(F)(F)F)cc2[N+](=O)[O-])cn1. The Morgan fingerprint density at radius 3 is 2.58 bits per heavy atom. The molecule has 1 N–H and O–H groups in total. The first kappa shape index (κ1) is 17.5. The number of nitro groups is 1. The van der Waals surface area contributed by atoms with Crippen LogP contribution in [0.25, 0.3) is 0 Å². The van der Waals surface area contributed by atoms with Crippen LogP contribution in [0.1, 0.15) is 11.3 Å². The second kappa shape index (κ2) is 6.72. The lowest BCUT2D eigenvalue weighted by atomic mass is 10.1. The maximum atomic E-state index is 12.8. The summed E-state index contributed by atoms with van der Waals surface area (Å²) in [7, 11) is 0. The Morgan fingerprint density at radius 2 is 2.08 bits per heavy atom. The summed E-state index contributed by atoms with van der Waals surface area (Å²) in [6.45, 7) is 0. The molecule has 0 fully saturated rings. The molecule has 6 nitrogen and oxygen atoms in total. The molecular weight excluding hydrogens is 349 g/mol. The largest absolute Gasteiger partial charge is 0.418 e. The van der Waals surface area contributed by atoms with E-state index in [1.807, 2.05) is 6.07 Å². The van der Waals surface area contributed by atoms with Gasteiger partial charge < -0.3 is 5.32 Å². The maximum Gasteiger partial charge on any atom is 0.418 e. The van der Waals surface area contributed by atoms with Crippen molar-refractivity contribution in [3.05, 3.63) is 56.9 Å². The minimum atomic E-state index is -4.80. The molecule has 0 aliphatic rings. The van der Waals surface area contributed by atoms with Gasteiger partial charge in [-0.05, 0) is 18.2 Å². The summed E-state index contributed by atoms with van der Waals surface area (Å²) in [5.74, 6) is 0. The fraction of sp³-hybridized carbons (Fsp3) is 0.143. The molecule has 0 saturated heterocycles. The number of pyridine rings is 1. The number of anilines is 2. The van der Waals surface area contributed by atoms with Crippen LogP contribution in [0.3, 0.4) is 0 Å². The zero-order chi connectivity index (χ0) is 17.9. The van der Waals surface area contributed by atoms with Crippen LogP contribution in [-0.4, -0.2) is 9.91 Å². The van der Waals surface area contributed by atoms with Crippen LogP contribution in [-0.2, 0) is 12.6 Å². The highest BCUT2D eigenvalue weighted by molar-refractivity contribution is 6.31. The van der Waals surface area contributed by atoms with Crippen LogP contribution < -0.4 is 5.32 Å². The number of hydrogen-bond donors (Lipinski definition) is 1. The maximum absolute atomic E-state index is 12.8. The van der Waals surface area contributed by atoms with Gasteiger partial charge in [-0.25, -0.2) is 0 Å². The summed E-state index contributed by atoms with van der Waals surface area (Å²) in [6.07, 6.45) is -3.41. The van der Waals surface area contributed by atoms with Crippen molar-refractivity contribution >= 4 is 28.7 Å². The van der Waals surface area contributed by atoms with Crippen molar-refractivity contribution in [3.63, 3.8) is 0 Å². The van der Waals surface area contributed by atoms with Crippen LogP contribution in [0, 0.1) is 21.4 Å². The minimum Gasteiger partial charge on any atom is -0.349 e. The summed E-state index contributed by atoms with van der Waals surface area (Å²) >= 11 is 5.59. The van der Waals surface area contributed by atoms with E-state index >= 15 is 0 Å². The number of rotatable bonds is 4. The van der Waals surface area contributed by atoms with E-state index < -0.39 is 27.4 Å². The number of aromatic nitrogens is 1. The average Bonchev–Trinajstić information content (AvgIpc) is 2.48. The molecule has 0 spiro atoms. The van der Waals surface area contributed by atoms with Crippen molar-refractivity contribution in [3.8, 4) is 6.07 Å². The number of nitriles is 1. The van der Waals surface area contributed by atoms with E-state index in [0.717, 1.165) is 6.07 Å². The van der Waals surface area contributed by atoms with Gasteiger partial charge in [-0.2, -0.15) is 18.4 Å². The van der Waals surface area contributed by atoms with E-state index in [4.69, 9.17) is 16.9 Å². The molecule has 24 heavy (non-hydrogen) atoms. The highest BCUT2D eigenvalue weighted by Gasteiger charge is 2.36. The lowest BCUT2D eigenvalue weighted by Crippen LogP contribution is -2.08. The summed E-state index contributed by atoms with van der Waals surface area (Å²) < 4.78 is 38.4. The molecular formula is C14H8ClF3N4O2. The van der Waals surface area contributed by atoms with Gasteiger partial charge in [-0.15, -0.1) is 0 Å². The Morgan fingerprint density at radius 1 is 1.38 bits per heavy atom. The second-order valence-corrected chi connectivity index (χ2v) is 5.01. The highest BCUT2D eigenvalue weighted by atomic mass is 35.5. The van der Waals surface area contributed by atoms with Crippen LogP contribution in [0.15, 0.2) is 30.5 Å². The van der Waals surface area contributed by atoms with Gasteiger partial charge in [0.1, 0.15) is 5.69 Å². The van der Waals surface area contributed by atoms with Crippen molar-refractivity contribution in [2.24, 2.45) is 0 Å². The Balaban J connectivity index is 2.41. The zero-order valence-corrected chi connectivity index (χ0v) is 12.5. The Hall–Kier alpha value is -2.86. The van der Waals surface area contributed by atoms with Crippen LogP contribution in [0.2, 0.25) is 5.02 Å². The van der Waals surface area contributed by atoms with Crippen molar-refractivity contribution in [2.45, 2.75) is 12.6 Å². The predicted molar refractivity (Wildman–Crippen MR) is 79.9 cm³/mol. The summed E-state index contributed by atoms with van der Waals surface area (Å²) in [5.41, 5.74) is -1.47. The van der Waals surface area contributed by atoms with Gasteiger partial charge in [0.15, 0.2) is 0 Å². The van der Waals surface area contributed by atoms with Gasteiger partial charge in [0, 0.05) is 6.07 Å². The normalized spacial score (nSPS) is 11.0. The topological polar surface area (TPSA) is 91.8 Å². The Labute approximate surface area is 138 Å². The molecule has 0 atom stereocenters. The third kappa shape index (κ3) is 3.91. The monoisotopic (exact) mass is 356 g/mol. The number of nitrogens with zero attached hydrogens (tertiary/aromatic N) is 3. The predicted octanol–water partition coefficient (Wildman–Crippen LogP) is 4.47. The molecule has 0 bridgehead atoms. The molecule has 0 aliphatic heterocycles. The summed E-state index contributed by atoms with van der Waals surface area (Å²) in [5, 5.41) is 21.5. The Bertz CT molecular complexity index is 816. The molecule has 0 unspecified atom stereocenters. The molecule has 1 aromatic heterocycles. The molecule has 124 valence electrons. The number of nitrogens with one attached hydrogen (secondary N) is 1. The molecule has 10 heteroatoms. The second-order valence-electron chi connectivity index (χ2n) is 4.60. The number of alkyl halides is 3. The van der Waals surface area contributed by atoms with E-state index in [0.29, 0.717) is 17.4 Å². The Kier molecular flexibility index (Phi) is 4.90. The van der Waals surface area contributed by atoms with Crippen molar-refractivity contribution < 1.29 is 18.1 Å². The lowest BCUT2D eigenvalue weighted by Gasteiger charge is -2.12. The van der Waals surface area contributed by atoms with E-state index in [9.17, 15) is 23.3 Å². The standard InChI is InChI=1S/C14H8ClF3N4O2/c15-11-6-12(13(22(23)24)5-10(11)14(16,17)18)21-9-2-1-8(3-4-19)20-7-9/h1-2,5-7,21H,3H2. The van der Waals surface area contributed by atoms with Gasteiger partial charge in [-0.3, -0.25) is 15.1 Å². The molecule has 1 heterocycles. The van der Waals surface area contributed by atoms with Crippen molar-refractivity contribution in [2.75, 3.05) is 5.32 Å². The van der Waals surface area contributed by atoms with Crippen LogP contribution in [0.4, 0.5) is 30.2 Å². The molecule has 0 radical (unpaired) electrons. The highest BCUT2D eigenvalue weighted by Crippen LogP contribution is 2.40. The van der Waals surface area contributed by atoms with Gasteiger partial charge in [0.05, 0.1) is 45.6 Å². The fourth-order valence-electron chi connectivity index (χ4n) is 1.87. The fourth-order valence-corrected chi connectivity index (χ4v) is 2.14. The molecule has 0 aliphatic carbocycles. The van der Waals surface area contributed by atoms with E-state index in [1.54, 1.807) is 0 Å². The summed E-state index contributed by atoms with van der Waals surface area (Å²) in [6, 6.07) is 6.14. The molecule has 2 rings (SSSR count). The van der Waals surface area contributed by atoms with E-state index in [-0.39, 0.29) is 12.1 Å². The average molecular weight is 357 g/mol. The first-order chi connectivity index (χ1) is 11.2. The van der Waals surface area contributed by atoms with E-state index in [2.05, 4.69) is 10.3 Å². The van der Waals surface area contributed by atoms with Gasteiger partial charge in [-0.1, -0.05) is 11.6 Å². The molecule has 2 aromatic rings. The quantitative estimate of drug-likeness (QED) is 0.644. The summed E-state index contributed by atoms with van der Waals surface area (Å²) in [4.78, 5) is 14.1. The number of benzene rings is 1. The molecule has 0 amide bonds. The van der Waals surface area contributed by atoms with Crippen molar-refractivity contribution in [1.29, 1.82) is 5.26 Å². The number of nitro benzene ring substituents is 1. The van der Waals surface area contributed by atoms with Crippen LogP contribution in [0.5, 0.6) is 0 Å². The third-order valence-corrected chi connectivity index (χ3v) is 3.26. The van der Waals surface area contributed by atoms with Gasteiger partial charge in [0.25, 0.3) is 5.69 Å². The number of halogens is 4. The zero-order valence-electron chi connectivity index (χ0n) is 11.8. The molecule has 1 aromatic carbocycles.